The van der Waals surface area contributed by atoms with Crippen LogP contribution in [0.2, 0.25) is 5.02 Å². The number of carbonyl (C=O) groups excluding carboxylic acids is 1. The van der Waals surface area contributed by atoms with E-state index in [0.29, 0.717) is 12.3 Å². The van der Waals surface area contributed by atoms with Gasteiger partial charge >= 0.3 is 0 Å². The second kappa shape index (κ2) is 6.80. The van der Waals surface area contributed by atoms with E-state index in [1.54, 1.807) is 0 Å². The topological polar surface area (TPSA) is 29.5 Å². The molecule has 0 spiro atoms. The van der Waals surface area contributed by atoms with Crippen LogP contribution in [0.15, 0.2) is 24.3 Å². The van der Waals surface area contributed by atoms with E-state index in [-0.39, 0.29) is 5.91 Å². The summed E-state index contributed by atoms with van der Waals surface area (Å²) < 4.78 is 5.76. The van der Waals surface area contributed by atoms with Gasteiger partial charge in [-0.15, -0.1) is 0 Å². The van der Waals surface area contributed by atoms with Crippen LogP contribution in [0.1, 0.15) is 26.2 Å². The van der Waals surface area contributed by atoms with Gasteiger partial charge < -0.3 is 9.64 Å². The fourth-order valence-corrected chi connectivity index (χ4v) is 2.44. The van der Waals surface area contributed by atoms with Gasteiger partial charge in [-0.2, -0.15) is 0 Å². The quantitative estimate of drug-likeness (QED) is 0.847. The van der Waals surface area contributed by atoms with Crippen LogP contribution in [-0.4, -0.2) is 30.5 Å². The maximum Gasteiger partial charge on any atom is 0.222 e. The highest BCUT2D eigenvalue weighted by molar-refractivity contribution is 6.30. The molecule has 0 aromatic heterocycles. The third-order valence-electron chi connectivity index (χ3n) is 3.57. The van der Waals surface area contributed by atoms with Crippen LogP contribution in [0.25, 0.3) is 0 Å². The highest BCUT2D eigenvalue weighted by Crippen LogP contribution is 2.21. The van der Waals surface area contributed by atoms with Crippen LogP contribution in [0.5, 0.6) is 5.75 Å². The number of amides is 1. The first-order chi connectivity index (χ1) is 9.19. The normalized spacial score (nSPS) is 16.4. The fraction of sp³-hybridized carbons (Fsp3) is 0.533. The third-order valence-corrected chi connectivity index (χ3v) is 3.82. The number of hydrogen-bond acceptors (Lipinski definition) is 2. The molecule has 2 rings (SSSR count). The average Bonchev–Trinajstić information content (AvgIpc) is 2.46. The van der Waals surface area contributed by atoms with E-state index in [1.807, 2.05) is 36.1 Å². The third kappa shape index (κ3) is 4.13. The largest absolute Gasteiger partial charge is 0.493 e. The van der Waals surface area contributed by atoms with Crippen LogP contribution < -0.4 is 4.74 Å². The molecule has 0 N–H and O–H groups in total. The molecular formula is C15H20ClNO2. The lowest BCUT2D eigenvalue weighted by Crippen LogP contribution is -2.39. The number of rotatable bonds is 4. The Labute approximate surface area is 119 Å². The van der Waals surface area contributed by atoms with Crippen molar-refractivity contribution in [2.75, 3.05) is 19.7 Å². The summed E-state index contributed by atoms with van der Waals surface area (Å²) in [6, 6.07) is 7.44. The highest BCUT2D eigenvalue weighted by Gasteiger charge is 2.22. The zero-order chi connectivity index (χ0) is 13.7. The van der Waals surface area contributed by atoms with Crippen molar-refractivity contribution in [3.63, 3.8) is 0 Å². The Morgan fingerprint density at radius 1 is 1.32 bits per heavy atom. The standard InChI is InChI=1S/C15H20ClNO2/c1-2-15(18)17-9-7-12(8-10-17)11-19-14-5-3-13(16)4-6-14/h3-6,12H,2,7-11H2,1H3. The van der Waals surface area contributed by atoms with Gasteiger partial charge in [-0.3, -0.25) is 4.79 Å². The molecule has 19 heavy (non-hydrogen) atoms. The van der Waals surface area contributed by atoms with E-state index < -0.39 is 0 Å². The summed E-state index contributed by atoms with van der Waals surface area (Å²) in [6.07, 6.45) is 2.66. The summed E-state index contributed by atoms with van der Waals surface area (Å²) in [5.41, 5.74) is 0. The number of nitrogens with zero attached hydrogens (tertiary/aromatic N) is 1. The predicted molar refractivity (Wildman–Crippen MR) is 76.5 cm³/mol. The van der Waals surface area contributed by atoms with Crippen LogP contribution in [0.3, 0.4) is 0 Å². The van der Waals surface area contributed by atoms with Crippen molar-refractivity contribution in [2.24, 2.45) is 5.92 Å². The van der Waals surface area contributed by atoms with Crippen molar-refractivity contribution in [3.05, 3.63) is 29.3 Å². The average molecular weight is 282 g/mol. The van der Waals surface area contributed by atoms with Crippen molar-refractivity contribution < 1.29 is 9.53 Å². The van der Waals surface area contributed by atoms with Gasteiger partial charge in [-0.25, -0.2) is 0 Å². The van der Waals surface area contributed by atoms with Crippen LogP contribution in [-0.2, 0) is 4.79 Å². The Hall–Kier alpha value is -1.22. The lowest BCUT2D eigenvalue weighted by molar-refractivity contribution is -0.132. The Kier molecular flexibility index (Phi) is 5.08. The summed E-state index contributed by atoms with van der Waals surface area (Å²) in [4.78, 5) is 13.5. The molecule has 3 nitrogen and oxygen atoms in total. The first-order valence-corrected chi connectivity index (χ1v) is 7.23. The number of carbonyl (C=O) groups is 1. The first kappa shape index (κ1) is 14.2. The maximum absolute atomic E-state index is 11.6. The smallest absolute Gasteiger partial charge is 0.222 e. The Bertz CT molecular complexity index is 411. The van der Waals surface area contributed by atoms with Crippen molar-refractivity contribution >= 4 is 17.5 Å². The zero-order valence-corrected chi connectivity index (χ0v) is 12.0. The summed E-state index contributed by atoms with van der Waals surface area (Å²) in [6.45, 7) is 4.36. The molecule has 0 saturated carbocycles. The van der Waals surface area contributed by atoms with E-state index in [0.717, 1.165) is 43.3 Å². The summed E-state index contributed by atoms with van der Waals surface area (Å²) >= 11 is 5.83. The molecule has 1 fully saturated rings. The maximum atomic E-state index is 11.6. The van der Waals surface area contributed by atoms with Crippen molar-refractivity contribution in [1.82, 2.24) is 4.90 Å². The van der Waals surface area contributed by atoms with Crippen LogP contribution >= 0.6 is 11.6 Å². The highest BCUT2D eigenvalue weighted by atomic mass is 35.5. The molecule has 0 bridgehead atoms. The molecule has 1 aromatic rings. The molecule has 1 aliphatic rings. The number of ether oxygens (including phenoxy) is 1. The summed E-state index contributed by atoms with van der Waals surface area (Å²) in [5.74, 6) is 1.66. The lowest BCUT2D eigenvalue weighted by Gasteiger charge is -2.31. The number of hydrogen-bond donors (Lipinski definition) is 0. The second-order valence-corrected chi connectivity index (χ2v) is 5.38. The van der Waals surface area contributed by atoms with Gasteiger partial charge in [0.05, 0.1) is 6.61 Å². The molecule has 1 amide bonds. The number of halogens is 1. The summed E-state index contributed by atoms with van der Waals surface area (Å²) in [7, 11) is 0. The van der Waals surface area contributed by atoms with Crippen molar-refractivity contribution in [2.45, 2.75) is 26.2 Å². The molecule has 1 aromatic carbocycles. The number of piperidine rings is 1. The predicted octanol–water partition coefficient (Wildman–Crippen LogP) is 3.37. The number of likely N-dealkylation sites (tertiary alicyclic amines) is 1. The van der Waals surface area contributed by atoms with Gasteiger partial charge in [0.2, 0.25) is 5.91 Å². The van der Waals surface area contributed by atoms with Gasteiger partial charge in [0.25, 0.3) is 0 Å². The molecule has 1 saturated heterocycles. The van der Waals surface area contributed by atoms with E-state index in [2.05, 4.69) is 0 Å². The Balaban J connectivity index is 1.74. The molecule has 0 aliphatic carbocycles. The van der Waals surface area contributed by atoms with Crippen LogP contribution in [0.4, 0.5) is 0 Å². The van der Waals surface area contributed by atoms with E-state index >= 15 is 0 Å². The molecule has 4 heteroatoms. The fourth-order valence-electron chi connectivity index (χ4n) is 2.32. The lowest BCUT2D eigenvalue weighted by atomic mass is 9.97. The van der Waals surface area contributed by atoms with Crippen LogP contribution in [0, 0.1) is 5.92 Å². The molecule has 1 aliphatic heterocycles. The molecule has 0 atom stereocenters. The molecular weight excluding hydrogens is 262 g/mol. The monoisotopic (exact) mass is 281 g/mol. The van der Waals surface area contributed by atoms with Crippen molar-refractivity contribution in [3.8, 4) is 5.75 Å². The second-order valence-electron chi connectivity index (χ2n) is 4.94. The molecule has 0 unspecified atom stereocenters. The minimum atomic E-state index is 0.261. The Morgan fingerprint density at radius 2 is 1.95 bits per heavy atom. The van der Waals surface area contributed by atoms with Gasteiger partial charge in [-0.1, -0.05) is 18.5 Å². The van der Waals surface area contributed by atoms with E-state index in [4.69, 9.17) is 16.3 Å². The van der Waals surface area contributed by atoms with Gasteiger partial charge in [0.15, 0.2) is 0 Å². The number of benzene rings is 1. The van der Waals surface area contributed by atoms with E-state index in [9.17, 15) is 4.79 Å². The molecule has 104 valence electrons. The van der Waals surface area contributed by atoms with Crippen molar-refractivity contribution in [1.29, 1.82) is 0 Å². The van der Waals surface area contributed by atoms with Gasteiger partial charge in [-0.05, 0) is 43.0 Å². The van der Waals surface area contributed by atoms with Gasteiger partial charge in [0, 0.05) is 24.5 Å². The SMILES string of the molecule is CCC(=O)N1CCC(COc2ccc(Cl)cc2)CC1. The molecule has 1 heterocycles. The van der Waals surface area contributed by atoms with Gasteiger partial charge in [0.1, 0.15) is 5.75 Å². The van der Waals surface area contributed by atoms with E-state index in [1.165, 1.54) is 0 Å². The zero-order valence-electron chi connectivity index (χ0n) is 11.3. The summed E-state index contributed by atoms with van der Waals surface area (Å²) in [5, 5.41) is 0.721. The minimum Gasteiger partial charge on any atom is -0.493 e. The first-order valence-electron chi connectivity index (χ1n) is 6.85. The minimum absolute atomic E-state index is 0.261. The Morgan fingerprint density at radius 3 is 2.53 bits per heavy atom. The molecule has 0 radical (unpaired) electrons.